The third-order valence-electron chi connectivity index (χ3n) is 2.16. The number of allylic oxidation sites excluding steroid dienone is 2. The molecule has 0 bridgehead atoms. The van der Waals surface area contributed by atoms with Crippen LogP contribution in [0.2, 0.25) is 0 Å². The van der Waals surface area contributed by atoms with Crippen molar-refractivity contribution in [3.63, 3.8) is 0 Å². The van der Waals surface area contributed by atoms with Crippen molar-refractivity contribution >= 4 is 5.96 Å². The third-order valence-corrected chi connectivity index (χ3v) is 2.16. The van der Waals surface area contributed by atoms with Gasteiger partial charge in [-0.2, -0.15) is 0 Å². The second kappa shape index (κ2) is 3.43. The molecule has 0 aliphatic heterocycles. The molecule has 0 spiro atoms. The Kier molecular flexibility index (Phi) is 2.53. The zero-order valence-corrected chi connectivity index (χ0v) is 7.30. The Morgan fingerprint density at radius 1 is 1.67 bits per heavy atom. The molecule has 1 rings (SSSR count). The molecule has 12 heavy (non-hydrogen) atoms. The lowest BCUT2D eigenvalue weighted by molar-refractivity contribution is 0.455. The summed E-state index contributed by atoms with van der Waals surface area (Å²) in [7, 11) is 0. The van der Waals surface area contributed by atoms with Gasteiger partial charge in [0, 0.05) is 0 Å². The first-order valence-electron chi connectivity index (χ1n) is 4.15. The van der Waals surface area contributed by atoms with Crippen molar-refractivity contribution in [2.75, 3.05) is 0 Å². The molecule has 0 amide bonds. The van der Waals surface area contributed by atoms with Crippen LogP contribution in [0.25, 0.3) is 0 Å². The van der Waals surface area contributed by atoms with Gasteiger partial charge in [-0.1, -0.05) is 31.2 Å². The van der Waals surface area contributed by atoms with Gasteiger partial charge in [-0.15, -0.1) is 0 Å². The molecule has 0 fully saturated rings. The van der Waals surface area contributed by atoms with Crippen LogP contribution in [0.5, 0.6) is 0 Å². The monoisotopic (exact) mass is 165 g/mol. The molecule has 0 aromatic heterocycles. The SMILES string of the molecule is CC[C@]1(NC(=N)N)C=CC=CC1. The smallest absolute Gasteiger partial charge is 0.186 e. The number of rotatable bonds is 2. The van der Waals surface area contributed by atoms with Crippen molar-refractivity contribution in [1.82, 2.24) is 5.32 Å². The standard InChI is InChI=1S/C9H15N3/c1-2-9(12-8(10)11)6-4-3-5-7-9/h3-6H,2,7H2,1H3,(H4,10,11,12)/t9-/m0/s1. The number of guanidine groups is 1. The number of hydrogen-bond donors (Lipinski definition) is 3. The van der Waals surface area contributed by atoms with Gasteiger partial charge in [-0.25, -0.2) is 0 Å². The van der Waals surface area contributed by atoms with Crippen molar-refractivity contribution in [2.45, 2.75) is 25.3 Å². The van der Waals surface area contributed by atoms with Crippen LogP contribution in [0, 0.1) is 5.41 Å². The van der Waals surface area contributed by atoms with E-state index in [9.17, 15) is 0 Å². The van der Waals surface area contributed by atoms with E-state index in [0.717, 1.165) is 12.8 Å². The van der Waals surface area contributed by atoms with Crippen molar-refractivity contribution in [3.05, 3.63) is 24.3 Å². The minimum Gasteiger partial charge on any atom is -0.370 e. The van der Waals surface area contributed by atoms with Crippen LogP contribution in [0.15, 0.2) is 24.3 Å². The summed E-state index contributed by atoms with van der Waals surface area (Å²) in [6, 6.07) is 0. The fraction of sp³-hybridized carbons (Fsp3) is 0.444. The second-order valence-electron chi connectivity index (χ2n) is 3.04. The van der Waals surface area contributed by atoms with Crippen LogP contribution in [0.3, 0.4) is 0 Å². The first-order valence-corrected chi connectivity index (χ1v) is 4.15. The van der Waals surface area contributed by atoms with Crippen LogP contribution in [-0.4, -0.2) is 11.5 Å². The molecule has 66 valence electrons. The lowest BCUT2D eigenvalue weighted by Gasteiger charge is -2.31. The molecule has 3 nitrogen and oxygen atoms in total. The van der Waals surface area contributed by atoms with Crippen LogP contribution in [0.1, 0.15) is 19.8 Å². The molecule has 0 saturated carbocycles. The van der Waals surface area contributed by atoms with Gasteiger partial charge in [0.15, 0.2) is 5.96 Å². The van der Waals surface area contributed by atoms with E-state index in [1.54, 1.807) is 0 Å². The summed E-state index contributed by atoms with van der Waals surface area (Å²) in [4.78, 5) is 0. The van der Waals surface area contributed by atoms with Crippen molar-refractivity contribution in [2.24, 2.45) is 5.73 Å². The lowest BCUT2D eigenvalue weighted by Crippen LogP contribution is -2.49. The molecule has 1 aliphatic carbocycles. The van der Waals surface area contributed by atoms with Gasteiger partial charge in [0.25, 0.3) is 0 Å². The lowest BCUT2D eigenvalue weighted by atomic mass is 9.89. The minimum atomic E-state index is -0.124. The van der Waals surface area contributed by atoms with E-state index in [0.29, 0.717) is 0 Å². The molecule has 0 unspecified atom stereocenters. The zero-order valence-electron chi connectivity index (χ0n) is 7.30. The molecule has 0 aromatic carbocycles. The van der Waals surface area contributed by atoms with E-state index in [1.165, 1.54) is 0 Å². The third kappa shape index (κ3) is 1.87. The van der Waals surface area contributed by atoms with E-state index in [-0.39, 0.29) is 11.5 Å². The summed E-state index contributed by atoms with van der Waals surface area (Å²) in [5.74, 6) is 0.0387. The molecule has 0 saturated heterocycles. The Hall–Kier alpha value is -1.25. The molecular formula is C9H15N3. The highest BCUT2D eigenvalue weighted by Gasteiger charge is 2.24. The molecule has 0 aromatic rings. The first-order chi connectivity index (χ1) is 5.68. The quantitative estimate of drug-likeness (QED) is 0.424. The normalized spacial score (nSPS) is 27.1. The predicted molar refractivity (Wildman–Crippen MR) is 51.0 cm³/mol. The van der Waals surface area contributed by atoms with Crippen LogP contribution < -0.4 is 11.1 Å². The second-order valence-corrected chi connectivity index (χ2v) is 3.04. The van der Waals surface area contributed by atoms with Gasteiger partial charge in [0.05, 0.1) is 5.54 Å². The number of hydrogen-bond acceptors (Lipinski definition) is 1. The minimum absolute atomic E-state index is 0.0387. The fourth-order valence-corrected chi connectivity index (χ4v) is 1.38. The average Bonchev–Trinajstić information content (AvgIpc) is 2.05. The summed E-state index contributed by atoms with van der Waals surface area (Å²) < 4.78 is 0. The Bertz CT molecular complexity index is 230. The van der Waals surface area contributed by atoms with Gasteiger partial charge in [-0.05, 0) is 12.8 Å². The predicted octanol–water partition coefficient (Wildman–Crippen LogP) is 1.13. The van der Waals surface area contributed by atoms with Gasteiger partial charge in [0.2, 0.25) is 0 Å². The van der Waals surface area contributed by atoms with Gasteiger partial charge < -0.3 is 11.1 Å². The van der Waals surface area contributed by atoms with Crippen LogP contribution >= 0.6 is 0 Å². The Morgan fingerprint density at radius 2 is 2.42 bits per heavy atom. The first kappa shape index (κ1) is 8.84. The summed E-state index contributed by atoms with van der Waals surface area (Å²) in [6.07, 6.45) is 9.99. The Labute approximate surface area is 72.8 Å². The van der Waals surface area contributed by atoms with E-state index in [4.69, 9.17) is 11.1 Å². The summed E-state index contributed by atoms with van der Waals surface area (Å²) in [6.45, 7) is 2.08. The highest BCUT2D eigenvalue weighted by Crippen LogP contribution is 2.20. The number of nitrogens with two attached hydrogens (primary N) is 1. The van der Waals surface area contributed by atoms with Crippen molar-refractivity contribution in [1.29, 1.82) is 5.41 Å². The van der Waals surface area contributed by atoms with Gasteiger partial charge in [-0.3, -0.25) is 5.41 Å². The largest absolute Gasteiger partial charge is 0.370 e. The van der Waals surface area contributed by atoms with E-state index >= 15 is 0 Å². The maximum Gasteiger partial charge on any atom is 0.186 e. The molecule has 0 radical (unpaired) electrons. The Balaban J connectivity index is 2.69. The van der Waals surface area contributed by atoms with Crippen molar-refractivity contribution in [3.8, 4) is 0 Å². The van der Waals surface area contributed by atoms with Crippen LogP contribution in [-0.2, 0) is 0 Å². The fourth-order valence-electron chi connectivity index (χ4n) is 1.38. The maximum atomic E-state index is 7.17. The molecule has 1 atom stereocenters. The molecule has 0 heterocycles. The maximum absolute atomic E-state index is 7.17. The van der Waals surface area contributed by atoms with Gasteiger partial charge in [0.1, 0.15) is 0 Å². The average molecular weight is 165 g/mol. The van der Waals surface area contributed by atoms with E-state index in [1.807, 2.05) is 12.2 Å². The summed E-state index contributed by atoms with van der Waals surface area (Å²) in [5.41, 5.74) is 5.17. The van der Waals surface area contributed by atoms with Gasteiger partial charge >= 0.3 is 0 Å². The molecule has 3 heteroatoms. The molecule has 1 aliphatic rings. The molecule has 4 N–H and O–H groups in total. The Morgan fingerprint density at radius 3 is 2.83 bits per heavy atom. The highest BCUT2D eigenvalue weighted by molar-refractivity contribution is 5.75. The van der Waals surface area contributed by atoms with E-state index in [2.05, 4.69) is 24.4 Å². The summed E-state index contributed by atoms with van der Waals surface area (Å²) >= 11 is 0. The highest BCUT2D eigenvalue weighted by atomic mass is 15.1. The van der Waals surface area contributed by atoms with Crippen LogP contribution in [0.4, 0.5) is 0 Å². The molecular weight excluding hydrogens is 150 g/mol. The van der Waals surface area contributed by atoms with E-state index < -0.39 is 0 Å². The zero-order chi connectivity index (χ0) is 9.03. The van der Waals surface area contributed by atoms with Crippen molar-refractivity contribution < 1.29 is 0 Å². The summed E-state index contributed by atoms with van der Waals surface area (Å²) in [5, 5.41) is 10.1. The topological polar surface area (TPSA) is 61.9 Å². The number of nitrogens with one attached hydrogen (secondary N) is 2.